The summed E-state index contributed by atoms with van der Waals surface area (Å²) >= 11 is 0. The average molecular weight is 390 g/mol. The molecule has 7 heteroatoms. The molecular weight excluding hydrogens is 368 g/mol. The standard InChI is InChI=1S/C22H22N4O3/c27-20(8-9-24-14-23-18-5-2-1-4-17(18)22(24)29)25-11-15-10-16(13-25)19-6-3-7-21(28)26(19)12-15/h1-7,14-16H,8-13H2/t15-,16+/m1/s1. The molecule has 5 rings (SSSR count). The largest absolute Gasteiger partial charge is 0.342 e. The van der Waals surface area contributed by atoms with Crippen LogP contribution in [0.5, 0.6) is 0 Å². The summed E-state index contributed by atoms with van der Waals surface area (Å²) in [4.78, 5) is 43.8. The third-order valence-electron chi connectivity index (χ3n) is 6.13. The average Bonchev–Trinajstić information content (AvgIpc) is 2.74. The second kappa shape index (κ2) is 6.99. The van der Waals surface area contributed by atoms with E-state index in [2.05, 4.69) is 4.98 Å². The number of fused-ring (bicyclic) bond motifs is 5. The molecule has 0 saturated carbocycles. The summed E-state index contributed by atoms with van der Waals surface area (Å²) in [5.41, 5.74) is 1.62. The van der Waals surface area contributed by atoms with Crippen LogP contribution in [0.25, 0.3) is 10.9 Å². The zero-order valence-electron chi connectivity index (χ0n) is 16.0. The van der Waals surface area contributed by atoms with Gasteiger partial charge in [0.15, 0.2) is 0 Å². The van der Waals surface area contributed by atoms with E-state index in [0.29, 0.717) is 43.0 Å². The molecule has 2 aliphatic rings. The molecule has 1 aromatic carbocycles. The highest BCUT2D eigenvalue weighted by Gasteiger charge is 2.35. The molecule has 4 heterocycles. The number of benzene rings is 1. The fourth-order valence-corrected chi connectivity index (χ4v) is 4.74. The summed E-state index contributed by atoms with van der Waals surface area (Å²) in [6.07, 6.45) is 2.80. The van der Waals surface area contributed by atoms with Crippen molar-refractivity contribution in [2.24, 2.45) is 5.92 Å². The summed E-state index contributed by atoms with van der Waals surface area (Å²) in [5.74, 6) is 0.548. The topological polar surface area (TPSA) is 77.2 Å². The van der Waals surface area contributed by atoms with Gasteiger partial charge >= 0.3 is 0 Å². The lowest BCUT2D eigenvalue weighted by atomic mass is 9.83. The maximum absolute atomic E-state index is 12.9. The van der Waals surface area contributed by atoms with Crippen molar-refractivity contribution in [2.45, 2.75) is 31.8 Å². The number of hydrogen-bond acceptors (Lipinski definition) is 4. The predicted molar refractivity (Wildman–Crippen MR) is 109 cm³/mol. The van der Waals surface area contributed by atoms with Crippen molar-refractivity contribution >= 4 is 16.8 Å². The molecule has 2 atom stereocenters. The molecule has 3 aromatic rings. The molecule has 2 aromatic heterocycles. The van der Waals surface area contributed by atoms with Crippen LogP contribution in [0.15, 0.2) is 58.4 Å². The number of piperidine rings is 1. The zero-order valence-corrected chi connectivity index (χ0v) is 16.0. The second-order valence-corrected chi connectivity index (χ2v) is 8.01. The number of carbonyl (C=O) groups is 1. The molecule has 2 bridgehead atoms. The van der Waals surface area contributed by atoms with Crippen LogP contribution in [-0.4, -0.2) is 38.0 Å². The van der Waals surface area contributed by atoms with Crippen molar-refractivity contribution in [1.82, 2.24) is 19.0 Å². The molecule has 0 aliphatic carbocycles. The SMILES string of the molecule is O=C(CCn1cnc2ccccc2c1=O)N1C[C@H]2C[C@@H](C1)c1cccc(=O)n1C2. The van der Waals surface area contributed by atoms with Gasteiger partial charge in [-0.15, -0.1) is 0 Å². The van der Waals surface area contributed by atoms with E-state index >= 15 is 0 Å². The number of carbonyl (C=O) groups excluding carboxylic acids is 1. The maximum atomic E-state index is 12.9. The van der Waals surface area contributed by atoms with E-state index in [1.165, 1.54) is 10.9 Å². The molecule has 2 aliphatic heterocycles. The van der Waals surface area contributed by atoms with Crippen molar-refractivity contribution < 1.29 is 4.79 Å². The minimum Gasteiger partial charge on any atom is -0.342 e. The van der Waals surface area contributed by atoms with Crippen LogP contribution in [-0.2, 0) is 17.9 Å². The van der Waals surface area contributed by atoms with Crippen LogP contribution in [0.1, 0.15) is 24.5 Å². The first-order valence-electron chi connectivity index (χ1n) is 10.0. The van der Waals surface area contributed by atoms with Gasteiger partial charge in [0.1, 0.15) is 0 Å². The number of pyridine rings is 1. The molecule has 1 amide bonds. The van der Waals surface area contributed by atoms with Crippen LogP contribution in [0.2, 0.25) is 0 Å². The van der Waals surface area contributed by atoms with Gasteiger partial charge in [-0.2, -0.15) is 0 Å². The molecule has 1 saturated heterocycles. The number of aromatic nitrogens is 3. The summed E-state index contributed by atoms with van der Waals surface area (Å²) in [7, 11) is 0. The fraction of sp³-hybridized carbons (Fsp3) is 0.364. The highest BCUT2D eigenvalue weighted by Crippen LogP contribution is 2.35. The van der Waals surface area contributed by atoms with Gasteiger partial charge in [-0.3, -0.25) is 19.0 Å². The number of para-hydroxylation sites is 1. The van der Waals surface area contributed by atoms with E-state index in [-0.39, 0.29) is 29.4 Å². The van der Waals surface area contributed by atoms with E-state index in [1.54, 1.807) is 18.2 Å². The Morgan fingerprint density at radius 2 is 1.90 bits per heavy atom. The summed E-state index contributed by atoms with van der Waals surface area (Å²) < 4.78 is 3.38. The number of aryl methyl sites for hydroxylation is 1. The van der Waals surface area contributed by atoms with Gasteiger partial charge in [0, 0.05) is 50.3 Å². The van der Waals surface area contributed by atoms with E-state index in [9.17, 15) is 14.4 Å². The Labute approximate surface area is 167 Å². The van der Waals surface area contributed by atoms with Gasteiger partial charge < -0.3 is 9.47 Å². The van der Waals surface area contributed by atoms with Crippen LogP contribution >= 0.6 is 0 Å². The Balaban J connectivity index is 1.31. The lowest BCUT2D eigenvalue weighted by molar-refractivity contribution is -0.134. The highest BCUT2D eigenvalue weighted by molar-refractivity contribution is 5.77. The normalized spacial score (nSPS) is 20.5. The van der Waals surface area contributed by atoms with Crippen LogP contribution < -0.4 is 11.1 Å². The molecule has 7 nitrogen and oxygen atoms in total. The second-order valence-electron chi connectivity index (χ2n) is 8.01. The van der Waals surface area contributed by atoms with E-state index in [1.807, 2.05) is 33.7 Å². The van der Waals surface area contributed by atoms with Crippen molar-refractivity contribution in [1.29, 1.82) is 0 Å². The smallest absolute Gasteiger partial charge is 0.261 e. The number of rotatable bonds is 3. The molecule has 0 N–H and O–H groups in total. The van der Waals surface area contributed by atoms with Crippen LogP contribution in [0.4, 0.5) is 0 Å². The lowest BCUT2D eigenvalue weighted by Gasteiger charge is -2.42. The first-order chi connectivity index (χ1) is 14.1. The Kier molecular flexibility index (Phi) is 4.30. The maximum Gasteiger partial charge on any atom is 0.261 e. The molecule has 0 spiro atoms. The van der Waals surface area contributed by atoms with Gasteiger partial charge in [0.25, 0.3) is 11.1 Å². The predicted octanol–water partition coefficient (Wildman–Crippen LogP) is 1.59. The Hall–Kier alpha value is -3.22. The highest BCUT2D eigenvalue weighted by atomic mass is 16.2. The van der Waals surface area contributed by atoms with Gasteiger partial charge in [-0.05, 0) is 30.5 Å². The van der Waals surface area contributed by atoms with Gasteiger partial charge in [0.2, 0.25) is 5.91 Å². The minimum atomic E-state index is -0.118. The van der Waals surface area contributed by atoms with Crippen molar-refractivity contribution in [3.8, 4) is 0 Å². The van der Waals surface area contributed by atoms with E-state index < -0.39 is 0 Å². The molecular formula is C22H22N4O3. The van der Waals surface area contributed by atoms with Crippen molar-refractivity contribution in [2.75, 3.05) is 13.1 Å². The fourth-order valence-electron chi connectivity index (χ4n) is 4.74. The molecule has 0 unspecified atom stereocenters. The van der Waals surface area contributed by atoms with Gasteiger partial charge in [0.05, 0.1) is 17.2 Å². The van der Waals surface area contributed by atoms with E-state index in [0.717, 1.165) is 12.1 Å². The number of amides is 1. The number of hydrogen-bond donors (Lipinski definition) is 0. The third-order valence-corrected chi connectivity index (χ3v) is 6.13. The molecule has 148 valence electrons. The van der Waals surface area contributed by atoms with Crippen LogP contribution in [0.3, 0.4) is 0 Å². The Bertz CT molecular complexity index is 1210. The molecule has 0 radical (unpaired) electrons. The number of nitrogens with zero attached hydrogens (tertiary/aromatic N) is 4. The van der Waals surface area contributed by atoms with Gasteiger partial charge in [-0.1, -0.05) is 18.2 Å². The summed E-state index contributed by atoms with van der Waals surface area (Å²) in [6, 6.07) is 12.6. The summed E-state index contributed by atoms with van der Waals surface area (Å²) in [5, 5.41) is 0.567. The Morgan fingerprint density at radius 1 is 1.03 bits per heavy atom. The first-order valence-corrected chi connectivity index (χ1v) is 10.0. The van der Waals surface area contributed by atoms with Crippen molar-refractivity contribution in [3.05, 3.63) is 75.2 Å². The third kappa shape index (κ3) is 3.16. The first kappa shape index (κ1) is 17.8. The zero-order chi connectivity index (χ0) is 20.0. The molecule has 29 heavy (non-hydrogen) atoms. The van der Waals surface area contributed by atoms with Crippen molar-refractivity contribution in [3.63, 3.8) is 0 Å². The number of likely N-dealkylation sites (tertiary alicyclic amines) is 1. The van der Waals surface area contributed by atoms with E-state index in [4.69, 9.17) is 0 Å². The molecule has 1 fully saturated rings. The van der Waals surface area contributed by atoms with Gasteiger partial charge in [-0.25, -0.2) is 4.98 Å². The quantitative estimate of drug-likeness (QED) is 0.681. The lowest BCUT2D eigenvalue weighted by Crippen LogP contribution is -2.49. The van der Waals surface area contributed by atoms with Crippen LogP contribution in [0, 0.1) is 5.92 Å². The summed E-state index contributed by atoms with van der Waals surface area (Å²) in [6.45, 7) is 2.28. The monoisotopic (exact) mass is 390 g/mol. The minimum absolute atomic E-state index is 0.0418. The Morgan fingerprint density at radius 3 is 2.79 bits per heavy atom.